The van der Waals surface area contributed by atoms with Gasteiger partial charge in [-0.3, -0.25) is 4.99 Å². The van der Waals surface area contributed by atoms with Gasteiger partial charge in [0.25, 0.3) is 0 Å². The molecule has 134 valence electrons. The second-order valence-corrected chi connectivity index (χ2v) is 8.83. The monoisotopic (exact) mass is 367 g/mol. The van der Waals surface area contributed by atoms with Crippen molar-refractivity contribution in [3.63, 3.8) is 0 Å². The second-order valence-electron chi connectivity index (χ2n) is 6.05. The van der Waals surface area contributed by atoms with E-state index in [1.165, 1.54) is 4.90 Å². The maximum absolute atomic E-state index is 5.51. The molecule has 1 atom stereocenters. The van der Waals surface area contributed by atoms with Gasteiger partial charge in [0.05, 0.1) is 0 Å². The van der Waals surface area contributed by atoms with E-state index >= 15 is 0 Å². The molecule has 4 nitrogen and oxygen atoms in total. The molecule has 2 rings (SSSR count). The maximum Gasteiger partial charge on any atom is 0.191 e. The van der Waals surface area contributed by atoms with Gasteiger partial charge in [0.2, 0.25) is 0 Å². The van der Waals surface area contributed by atoms with E-state index in [1.807, 2.05) is 30.6 Å². The Labute approximate surface area is 154 Å². The first kappa shape index (κ1) is 19.5. The predicted octanol–water partition coefficient (Wildman–Crippen LogP) is 3.24. The van der Waals surface area contributed by atoms with Gasteiger partial charge in [-0.15, -0.1) is 11.8 Å². The lowest BCUT2D eigenvalue weighted by molar-refractivity contribution is 0.0783. The lowest BCUT2D eigenvalue weighted by Gasteiger charge is -2.36. The van der Waals surface area contributed by atoms with Crippen molar-refractivity contribution in [3.8, 4) is 0 Å². The quantitative estimate of drug-likeness (QED) is 0.440. The van der Waals surface area contributed by atoms with Crippen LogP contribution in [0.5, 0.6) is 0 Å². The highest BCUT2D eigenvalue weighted by Crippen LogP contribution is 2.32. The summed E-state index contributed by atoms with van der Waals surface area (Å²) in [6.45, 7) is 5.77. The van der Waals surface area contributed by atoms with Crippen LogP contribution in [-0.4, -0.2) is 55.6 Å². The van der Waals surface area contributed by atoms with Gasteiger partial charge < -0.3 is 15.4 Å². The van der Waals surface area contributed by atoms with Crippen LogP contribution in [0.3, 0.4) is 0 Å². The van der Waals surface area contributed by atoms with E-state index < -0.39 is 0 Å². The Morgan fingerprint density at radius 2 is 1.96 bits per heavy atom. The van der Waals surface area contributed by atoms with Crippen LogP contribution in [0.1, 0.15) is 19.8 Å². The van der Waals surface area contributed by atoms with Crippen LogP contribution in [0.2, 0.25) is 0 Å². The van der Waals surface area contributed by atoms with E-state index in [0.717, 1.165) is 45.1 Å². The Morgan fingerprint density at radius 1 is 1.25 bits per heavy atom. The van der Waals surface area contributed by atoms with Gasteiger partial charge in [-0.05, 0) is 31.2 Å². The van der Waals surface area contributed by atoms with E-state index in [1.54, 1.807) is 0 Å². The number of rotatable bonds is 7. The van der Waals surface area contributed by atoms with Crippen molar-refractivity contribution < 1.29 is 4.74 Å². The van der Waals surface area contributed by atoms with Gasteiger partial charge in [0.15, 0.2) is 5.96 Å². The highest BCUT2D eigenvalue weighted by molar-refractivity contribution is 8.00. The van der Waals surface area contributed by atoms with E-state index in [2.05, 4.69) is 59.1 Å². The van der Waals surface area contributed by atoms with Crippen LogP contribution < -0.4 is 10.6 Å². The van der Waals surface area contributed by atoms with E-state index in [9.17, 15) is 0 Å². The van der Waals surface area contributed by atoms with Crippen molar-refractivity contribution >= 4 is 29.5 Å². The molecule has 0 aromatic heterocycles. The third kappa shape index (κ3) is 6.22. The average Bonchev–Trinajstić information content (AvgIpc) is 2.63. The molecule has 1 aliphatic rings. The average molecular weight is 368 g/mol. The zero-order valence-electron chi connectivity index (χ0n) is 14.9. The van der Waals surface area contributed by atoms with Gasteiger partial charge in [-0.1, -0.05) is 25.1 Å². The molecule has 0 saturated carbocycles. The summed E-state index contributed by atoms with van der Waals surface area (Å²) in [5, 5.41) is 7.43. The summed E-state index contributed by atoms with van der Waals surface area (Å²) in [6, 6.07) is 10.5. The normalized spacial score (nSPS) is 18.9. The molecule has 1 aromatic rings. The van der Waals surface area contributed by atoms with E-state index in [-0.39, 0.29) is 4.75 Å². The Morgan fingerprint density at radius 3 is 2.58 bits per heavy atom. The van der Waals surface area contributed by atoms with Crippen LogP contribution in [-0.2, 0) is 4.74 Å². The first-order valence-electron chi connectivity index (χ1n) is 8.46. The number of ether oxygens (including phenoxy) is 1. The fourth-order valence-corrected chi connectivity index (χ4v) is 4.41. The van der Waals surface area contributed by atoms with Gasteiger partial charge in [0.1, 0.15) is 0 Å². The summed E-state index contributed by atoms with van der Waals surface area (Å²) >= 11 is 3.82. The summed E-state index contributed by atoms with van der Waals surface area (Å²) in [6.07, 6.45) is 4.39. The Balaban J connectivity index is 1.75. The molecule has 2 N–H and O–H groups in total. The molecular formula is C18H29N3OS2. The van der Waals surface area contributed by atoms with Gasteiger partial charge in [-0.25, -0.2) is 0 Å². The number of guanidine groups is 1. The molecule has 0 bridgehead atoms. The molecule has 1 fully saturated rings. The fourth-order valence-electron chi connectivity index (χ4n) is 2.68. The van der Waals surface area contributed by atoms with Crippen molar-refractivity contribution in [2.75, 3.05) is 39.6 Å². The number of thioether (sulfide) groups is 2. The van der Waals surface area contributed by atoms with Crippen LogP contribution >= 0.6 is 23.5 Å². The lowest BCUT2D eigenvalue weighted by Crippen LogP contribution is -2.48. The predicted molar refractivity (Wildman–Crippen MR) is 107 cm³/mol. The maximum atomic E-state index is 5.51. The standard InChI is InChI=1S/C18H29N3OS2/c1-15(24-16-7-5-4-6-8-16)13-20-17(19-2)21-14-18(23-3)9-11-22-12-10-18/h4-8,15H,9-14H2,1-3H3,(H2,19,20,21). The first-order chi connectivity index (χ1) is 11.7. The molecule has 1 aromatic carbocycles. The second kappa shape index (κ2) is 10.2. The minimum absolute atomic E-state index is 0.264. The first-order valence-corrected chi connectivity index (χ1v) is 10.6. The zero-order chi connectivity index (χ0) is 17.3. The largest absolute Gasteiger partial charge is 0.381 e. The molecule has 1 heterocycles. The van der Waals surface area contributed by atoms with Gasteiger partial charge >= 0.3 is 0 Å². The van der Waals surface area contributed by atoms with Gasteiger partial charge in [-0.2, -0.15) is 11.8 Å². The third-order valence-corrected chi connectivity index (χ3v) is 6.81. The summed E-state index contributed by atoms with van der Waals surface area (Å²) in [7, 11) is 1.83. The van der Waals surface area contributed by atoms with Crippen LogP contribution in [0.15, 0.2) is 40.2 Å². The zero-order valence-corrected chi connectivity index (χ0v) is 16.5. The minimum atomic E-state index is 0.264. The van der Waals surface area contributed by atoms with Crippen molar-refractivity contribution in [1.29, 1.82) is 0 Å². The summed E-state index contributed by atoms with van der Waals surface area (Å²) < 4.78 is 5.77. The molecule has 1 aliphatic heterocycles. The van der Waals surface area contributed by atoms with Crippen LogP contribution in [0.25, 0.3) is 0 Å². The molecule has 24 heavy (non-hydrogen) atoms. The van der Waals surface area contributed by atoms with Crippen LogP contribution in [0, 0.1) is 0 Å². The summed E-state index contributed by atoms with van der Waals surface area (Å²) in [5.74, 6) is 0.885. The van der Waals surface area contributed by atoms with Crippen molar-refractivity contribution in [1.82, 2.24) is 10.6 Å². The fraction of sp³-hybridized carbons (Fsp3) is 0.611. The molecule has 0 aliphatic carbocycles. The lowest BCUT2D eigenvalue weighted by atomic mass is 9.99. The highest BCUT2D eigenvalue weighted by Gasteiger charge is 2.31. The summed E-state index contributed by atoms with van der Waals surface area (Å²) in [4.78, 5) is 5.67. The van der Waals surface area contributed by atoms with E-state index in [4.69, 9.17) is 4.74 Å². The molecule has 6 heteroatoms. The molecule has 1 saturated heterocycles. The van der Waals surface area contributed by atoms with Gasteiger partial charge in [0, 0.05) is 48.2 Å². The Kier molecular flexibility index (Phi) is 8.29. The topological polar surface area (TPSA) is 45.7 Å². The number of nitrogens with one attached hydrogen (secondary N) is 2. The van der Waals surface area contributed by atoms with E-state index in [0.29, 0.717) is 5.25 Å². The Bertz CT molecular complexity index is 504. The number of nitrogens with zero attached hydrogens (tertiary/aromatic N) is 1. The third-order valence-electron chi connectivity index (χ3n) is 4.28. The van der Waals surface area contributed by atoms with Crippen molar-refractivity contribution in [2.45, 2.75) is 34.7 Å². The molecule has 0 spiro atoms. The number of hydrogen-bond acceptors (Lipinski definition) is 4. The highest BCUT2D eigenvalue weighted by atomic mass is 32.2. The number of benzene rings is 1. The SMILES string of the molecule is CN=C(NCC(C)Sc1ccccc1)NCC1(SC)CCOCC1. The van der Waals surface area contributed by atoms with Crippen molar-refractivity contribution in [3.05, 3.63) is 30.3 Å². The molecule has 0 radical (unpaired) electrons. The number of hydrogen-bond donors (Lipinski definition) is 2. The minimum Gasteiger partial charge on any atom is -0.381 e. The molecule has 0 amide bonds. The smallest absolute Gasteiger partial charge is 0.191 e. The molecule has 1 unspecified atom stereocenters. The van der Waals surface area contributed by atoms with Crippen molar-refractivity contribution in [2.24, 2.45) is 4.99 Å². The Hall–Kier alpha value is -0.850. The summed E-state index contributed by atoms with van der Waals surface area (Å²) in [5.41, 5.74) is 0. The number of aliphatic imine (C=N–C) groups is 1. The van der Waals surface area contributed by atoms with Crippen LogP contribution in [0.4, 0.5) is 0 Å². The molecular weight excluding hydrogens is 338 g/mol.